The molecule has 2 amide bonds. The molecule has 0 saturated carbocycles. The molecule has 1 fully saturated rings. The van der Waals surface area contributed by atoms with E-state index in [1.54, 1.807) is 0 Å². The summed E-state index contributed by atoms with van der Waals surface area (Å²) in [6, 6.07) is -0.539. The van der Waals surface area contributed by atoms with Gasteiger partial charge in [-0.05, 0) is 33.2 Å². The maximum absolute atomic E-state index is 12.7. The number of hydrogen-bond acceptors (Lipinski definition) is 4. The summed E-state index contributed by atoms with van der Waals surface area (Å²) in [6.45, 7) is 15.6. The molecule has 1 saturated heterocycles. The standard InChI is InChI=1S/C16H31N3O3/c1-7-18-8-10-19(11-9-18)14(20)13(12(2)3)17-15(21)22-16(4,5)6/h12-13H,7-11H2,1-6H3,(H,17,21). The Kier molecular flexibility index (Phi) is 6.66. The van der Waals surface area contributed by atoms with E-state index in [-0.39, 0.29) is 11.8 Å². The molecule has 1 aliphatic rings. The van der Waals surface area contributed by atoms with Gasteiger partial charge >= 0.3 is 6.09 Å². The van der Waals surface area contributed by atoms with Gasteiger partial charge in [0.1, 0.15) is 11.6 Å². The summed E-state index contributed by atoms with van der Waals surface area (Å²) < 4.78 is 5.26. The number of rotatable bonds is 4. The molecule has 1 N–H and O–H groups in total. The molecule has 0 aliphatic carbocycles. The molecule has 1 atom stereocenters. The third-order valence-electron chi connectivity index (χ3n) is 3.74. The second-order valence-electron chi connectivity index (χ2n) is 7.13. The van der Waals surface area contributed by atoms with Crippen molar-refractivity contribution < 1.29 is 14.3 Å². The molecule has 0 radical (unpaired) electrons. The molecule has 22 heavy (non-hydrogen) atoms. The first-order valence-corrected chi connectivity index (χ1v) is 8.14. The molecule has 0 aromatic heterocycles. The summed E-state index contributed by atoms with van der Waals surface area (Å²) in [7, 11) is 0. The van der Waals surface area contributed by atoms with Gasteiger partial charge in [-0.2, -0.15) is 0 Å². The van der Waals surface area contributed by atoms with E-state index in [1.165, 1.54) is 0 Å². The number of hydrogen-bond donors (Lipinski definition) is 1. The first-order chi connectivity index (χ1) is 10.1. The van der Waals surface area contributed by atoms with E-state index in [2.05, 4.69) is 17.1 Å². The number of ether oxygens (including phenoxy) is 1. The Morgan fingerprint density at radius 2 is 1.68 bits per heavy atom. The van der Waals surface area contributed by atoms with Crippen molar-refractivity contribution in [2.75, 3.05) is 32.7 Å². The van der Waals surface area contributed by atoms with Gasteiger partial charge in [-0.15, -0.1) is 0 Å². The van der Waals surface area contributed by atoms with Gasteiger partial charge in [0.05, 0.1) is 0 Å². The van der Waals surface area contributed by atoms with Gasteiger partial charge in [0.2, 0.25) is 5.91 Å². The van der Waals surface area contributed by atoms with E-state index in [9.17, 15) is 9.59 Å². The molecule has 1 aliphatic heterocycles. The van der Waals surface area contributed by atoms with Crippen molar-refractivity contribution in [2.24, 2.45) is 5.92 Å². The Hall–Kier alpha value is -1.30. The molecule has 0 aromatic carbocycles. The van der Waals surface area contributed by atoms with Crippen LogP contribution in [-0.2, 0) is 9.53 Å². The highest BCUT2D eigenvalue weighted by Crippen LogP contribution is 2.12. The van der Waals surface area contributed by atoms with E-state index in [1.807, 2.05) is 39.5 Å². The minimum absolute atomic E-state index is 0.0170. The number of amides is 2. The topological polar surface area (TPSA) is 61.9 Å². The first-order valence-electron chi connectivity index (χ1n) is 8.14. The van der Waals surface area contributed by atoms with Crippen molar-refractivity contribution in [1.82, 2.24) is 15.1 Å². The quantitative estimate of drug-likeness (QED) is 0.858. The van der Waals surface area contributed by atoms with Gasteiger partial charge in [0.15, 0.2) is 0 Å². The molecule has 6 nitrogen and oxygen atoms in total. The van der Waals surface area contributed by atoms with Gasteiger partial charge in [0, 0.05) is 26.2 Å². The highest BCUT2D eigenvalue weighted by Gasteiger charge is 2.31. The number of carbonyl (C=O) groups is 2. The summed E-state index contributed by atoms with van der Waals surface area (Å²) in [4.78, 5) is 28.8. The number of likely N-dealkylation sites (N-methyl/N-ethyl adjacent to an activating group) is 1. The Bertz CT molecular complexity index is 383. The Balaban J connectivity index is 2.63. The SMILES string of the molecule is CCN1CCN(C(=O)C(NC(=O)OC(C)(C)C)C(C)C)CC1. The minimum atomic E-state index is -0.568. The van der Waals surface area contributed by atoms with E-state index < -0.39 is 17.7 Å². The lowest BCUT2D eigenvalue weighted by Crippen LogP contribution is -2.56. The molecule has 128 valence electrons. The van der Waals surface area contributed by atoms with Gasteiger partial charge in [0.25, 0.3) is 0 Å². The summed E-state index contributed by atoms with van der Waals surface area (Å²) in [5.41, 5.74) is -0.568. The third-order valence-corrected chi connectivity index (χ3v) is 3.74. The van der Waals surface area contributed by atoms with Crippen LogP contribution in [0.5, 0.6) is 0 Å². The molecule has 1 rings (SSSR count). The van der Waals surface area contributed by atoms with Gasteiger partial charge < -0.3 is 19.9 Å². The molecule has 0 spiro atoms. The second-order valence-corrected chi connectivity index (χ2v) is 7.13. The number of piperazine rings is 1. The molecular weight excluding hydrogens is 282 g/mol. The van der Waals surface area contributed by atoms with Crippen LogP contribution in [0.3, 0.4) is 0 Å². The normalized spacial score (nSPS) is 18.2. The predicted octanol–water partition coefficient (Wildman–Crippen LogP) is 1.70. The number of carbonyl (C=O) groups excluding carboxylic acids is 2. The third kappa shape index (κ3) is 5.83. The predicted molar refractivity (Wildman–Crippen MR) is 86.7 cm³/mol. The van der Waals surface area contributed by atoms with Crippen LogP contribution in [0, 0.1) is 5.92 Å². The largest absolute Gasteiger partial charge is 0.444 e. The van der Waals surface area contributed by atoms with Gasteiger partial charge in [-0.25, -0.2) is 4.79 Å². The van der Waals surface area contributed by atoms with Crippen LogP contribution in [0.1, 0.15) is 41.5 Å². The Labute approximate surface area is 134 Å². The Morgan fingerprint density at radius 1 is 1.14 bits per heavy atom. The lowest BCUT2D eigenvalue weighted by Gasteiger charge is -2.37. The minimum Gasteiger partial charge on any atom is -0.444 e. The maximum atomic E-state index is 12.7. The lowest BCUT2D eigenvalue weighted by molar-refractivity contribution is -0.136. The van der Waals surface area contributed by atoms with Crippen molar-refractivity contribution >= 4 is 12.0 Å². The molecule has 1 unspecified atom stereocenters. The molecule has 0 bridgehead atoms. The Morgan fingerprint density at radius 3 is 2.09 bits per heavy atom. The van der Waals surface area contributed by atoms with Crippen LogP contribution in [0.2, 0.25) is 0 Å². The van der Waals surface area contributed by atoms with Gasteiger partial charge in [-0.1, -0.05) is 20.8 Å². The lowest BCUT2D eigenvalue weighted by atomic mass is 10.0. The van der Waals surface area contributed by atoms with Crippen LogP contribution in [0.25, 0.3) is 0 Å². The fourth-order valence-corrected chi connectivity index (χ4v) is 2.43. The summed E-state index contributed by atoms with van der Waals surface area (Å²) in [5, 5.41) is 2.73. The first kappa shape index (κ1) is 18.7. The maximum Gasteiger partial charge on any atom is 0.408 e. The summed E-state index contributed by atoms with van der Waals surface area (Å²) >= 11 is 0. The van der Waals surface area contributed by atoms with Crippen LogP contribution < -0.4 is 5.32 Å². The highest BCUT2D eigenvalue weighted by molar-refractivity contribution is 5.86. The summed E-state index contributed by atoms with van der Waals surface area (Å²) in [6.07, 6.45) is -0.535. The fraction of sp³-hybridized carbons (Fsp3) is 0.875. The van der Waals surface area contributed by atoms with E-state index in [0.717, 1.165) is 19.6 Å². The zero-order valence-corrected chi connectivity index (χ0v) is 14.8. The monoisotopic (exact) mass is 313 g/mol. The van der Waals surface area contributed by atoms with E-state index in [0.29, 0.717) is 13.1 Å². The average molecular weight is 313 g/mol. The number of alkyl carbamates (subject to hydrolysis) is 1. The zero-order valence-electron chi connectivity index (χ0n) is 14.8. The van der Waals surface area contributed by atoms with Crippen molar-refractivity contribution in [2.45, 2.75) is 53.2 Å². The van der Waals surface area contributed by atoms with Crippen molar-refractivity contribution in [3.63, 3.8) is 0 Å². The molecule has 0 aromatic rings. The molecular formula is C16H31N3O3. The van der Waals surface area contributed by atoms with Crippen LogP contribution in [0.15, 0.2) is 0 Å². The fourth-order valence-electron chi connectivity index (χ4n) is 2.43. The number of nitrogens with one attached hydrogen (secondary N) is 1. The summed E-state index contributed by atoms with van der Waals surface area (Å²) in [5.74, 6) is 0.000773. The van der Waals surface area contributed by atoms with Crippen LogP contribution in [0.4, 0.5) is 4.79 Å². The van der Waals surface area contributed by atoms with Gasteiger partial charge in [-0.3, -0.25) is 4.79 Å². The molecule has 6 heteroatoms. The van der Waals surface area contributed by atoms with E-state index >= 15 is 0 Å². The highest BCUT2D eigenvalue weighted by atomic mass is 16.6. The van der Waals surface area contributed by atoms with E-state index in [4.69, 9.17) is 4.74 Å². The van der Waals surface area contributed by atoms with Crippen molar-refractivity contribution in [1.29, 1.82) is 0 Å². The zero-order chi connectivity index (χ0) is 16.9. The smallest absolute Gasteiger partial charge is 0.408 e. The number of nitrogens with zero attached hydrogens (tertiary/aromatic N) is 2. The van der Waals surface area contributed by atoms with Crippen LogP contribution in [-0.4, -0.2) is 66.2 Å². The van der Waals surface area contributed by atoms with Crippen molar-refractivity contribution in [3.05, 3.63) is 0 Å². The van der Waals surface area contributed by atoms with Crippen LogP contribution >= 0.6 is 0 Å². The van der Waals surface area contributed by atoms with Crippen molar-refractivity contribution in [3.8, 4) is 0 Å². The second kappa shape index (κ2) is 7.81. The molecule has 1 heterocycles. The average Bonchev–Trinajstić information content (AvgIpc) is 2.42.